The van der Waals surface area contributed by atoms with E-state index >= 15 is 0 Å². The molecule has 0 spiro atoms. The number of thioether (sulfide) groups is 1. The summed E-state index contributed by atoms with van der Waals surface area (Å²) in [4.78, 5) is 18.5. The highest BCUT2D eigenvalue weighted by Crippen LogP contribution is 2.31. The summed E-state index contributed by atoms with van der Waals surface area (Å²) in [5.41, 5.74) is 3.70. The van der Waals surface area contributed by atoms with Gasteiger partial charge in [0.15, 0.2) is 0 Å². The molecule has 1 aliphatic rings. The van der Waals surface area contributed by atoms with Crippen LogP contribution in [0.2, 0.25) is 5.02 Å². The van der Waals surface area contributed by atoms with E-state index in [0.717, 1.165) is 27.4 Å². The van der Waals surface area contributed by atoms with Gasteiger partial charge in [0, 0.05) is 23.8 Å². The van der Waals surface area contributed by atoms with E-state index in [2.05, 4.69) is 4.98 Å². The van der Waals surface area contributed by atoms with Gasteiger partial charge in [-0.05, 0) is 36.3 Å². The molecular weight excluding hydrogens is 348 g/mol. The molecule has 0 bridgehead atoms. The molecule has 3 nitrogen and oxygen atoms in total. The number of nitrogens with zero attached hydrogens (tertiary/aromatic N) is 2. The van der Waals surface area contributed by atoms with Gasteiger partial charge < -0.3 is 0 Å². The van der Waals surface area contributed by atoms with Gasteiger partial charge in [-0.15, -0.1) is 0 Å². The Hall–Kier alpha value is -1.69. The zero-order chi connectivity index (χ0) is 16.6. The average molecular weight is 361 g/mol. The summed E-state index contributed by atoms with van der Waals surface area (Å²) in [5.74, 6) is -0.0746. The Bertz CT molecular complexity index is 831. The minimum absolute atomic E-state index is 0.0746. The number of carbonyl (C=O) groups is 1. The molecule has 1 aromatic heterocycles. The molecule has 0 atom stereocenters. The molecule has 0 saturated carbocycles. The van der Waals surface area contributed by atoms with Crippen LogP contribution in [0.4, 0.5) is 0 Å². The molecule has 1 amide bonds. The normalized spacial score (nSPS) is 16.5. The number of likely N-dealkylation sites (N-methyl/N-ethyl adjacent to an activating group) is 1. The van der Waals surface area contributed by atoms with E-state index in [1.807, 2.05) is 43.3 Å². The van der Waals surface area contributed by atoms with Crippen molar-refractivity contribution in [3.63, 3.8) is 0 Å². The van der Waals surface area contributed by atoms with Crippen molar-refractivity contribution in [2.45, 2.75) is 6.92 Å². The van der Waals surface area contributed by atoms with Gasteiger partial charge in [-0.1, -0.05) is 53.8 Å². The van der Waals surface area contributed by atoms with Crippen molar-refractivity contribution in [3.8, 4) is 11.3 Å². The molecule has 2 heterocycles. The van der Waals surface area contributed by atoms with Gasteiger partial charge in [-0.2, -0.15) is 0 Å². The zero-order valence-corrected chi connectivity index (χ0v) is 14.9. The Morgan fingerprint density at radius 1 is 1.30 bits per heavy atom. The molecule has 0 N–H and O–H groups in total. The van der Waals surface area contributed by atoms with E-state index < -0.39 is 0 Å². The van der Waals surface area contributed by atoms with Gasteiger partial charge in [0.05, 0.1) is 10.6 Å². The number of hydrogen-bond donors (Lipinski definition) is 0. The predicted octanol–water partition coefficient (Wildman–Crippen LogP) is 4.54. The van der Waals surface area contributed by atoms with Crippen molar-refractivity contribution < 1.29 is 4.79 Å². The average Bonchev–Trinajstić information content (AvgIpc) is 2.78. The minimum atomic E-state index is -0.0746. The molecule has 6 heteroatoms. The van der Waals surface area contributed by atoms with Crippen LogP contribution in [0.1, 0.15) is 11.1 Å². The Balaban J connectivity index is 1.86. The largest absolute Gasteiger partial charge is 0.296 e. The van der Waals surface area contributed by atoms with Crippen LogP contribution in [0.25, 0.3) is 17.3 Å². The van der Waals surface area contributed by atoms with Gasteiger partial charge in [-0.25, -0.2) is 0 Å². The molecule has 2 aromatic rings. The summed E-state index contributed by atoms with van der Waals surface area (Å²) in [7, 11) is 1.68. The summed E-state index contributed by atoms with van der Waals surface area (Å²) < 4.78 is 0.570. The molecule has 0 unspecified atom stereocenters. The van der Waals surface area contributed by atoms with Crippen LogP contribution in [-0.4, -0.2) is 27.2 Å². The maximum atomic E-state index is 12.0. The highest BCUT2D eigenvalue weighted by Gasteiger charge is 2.28. The van der Waals surface area contributed by atoms with Crippen molar-refractivity contribution in [2.24, 2.45) is 0 Å². The number of hydrogen-bond acceptors (Lipinski definition) is 4. The maximum absolute atomic E-state index is 12.0. The molecule has 0 aliphatic carbocycles. The topological polar surface area (TPSA) is 33.2 Å². The lowest BCUT2D eigenvalue weighted by Crippen LogP contribution is -2.22. The van der Waals surface area contributed by atoms with E-state index in [9.17, 15) is 4.79 Å². The van der Waals surface area contributed by atoms with Gasteiger partial charge >= 0.3 is 0 Å². The second-order valence-corrected chi connectivity index (χ2v) is 7.26. The van der Waals surface area contributed by atoms with Crippen molar-refractivity contribution in [2.75, 3.05) is 7.05 Å². The maximum Gasteiger partial charge on any atom is 0.265 e. The fourth-order valence-corrected chi connectivity index (χ4v) is 3.47. The predicted molar refractivity (Wildman–Crippen MR) is 100 cm³/mol. The molecule has 3 rings (SSSR count). The van der Waals surface area contributed by atoms with Gasteiger partial charge in [0.1, 0.15) is 4.32 Å². The van der Waals surface area contributed by atoms with E-state index in [-0.39, 0.29) is 5.91 Å². The molecule has 0 radical (unpaired) electrons. The Morgan fingerprint density at radius 2 is 2.09 bits per heavy atom. The quantitative estimate of drug-likeness (QED) is 0.581. The molecule has 1 fully saturated rings. The first kappa shape index (κ1) is 16.2. The third kappa shape index (κ3) is 3.32. The lowest BCUT2D eigenvalue weighted by Gasteiger charge is -2.05. The number of thiocarbonyl (C=S) groups is 1. The first-order chi connectivity index (χ1) is 11.0. The van der Waals surface area contributed by atoms with E-state index in [1.54, 1.807) is 13.2 Å². The third-order valence-corrected chi connectivity index (χ3v) is 5.43. The fraction of sp³-hybridized carbons (Fsp3) is 0.118. The number of pyridine rings is 1. The standard InChI is InChI=1S/C17H13ClN2OS2/c1-10-3-5-12(8-13(10)18)14-6-4-11(9-19-14)7-15-16(21)20(2)17(22)23-15/h3-9H,1-2H3/b15-7-. The number of benzene rings is 1. The second kappa shape index (κ2) is 6.43. The molecule has 1 aromatic carbocycles. The monoisotopic (exact) mass is 360 g/mol. The van der Waals surface area contributed by atoms with Crippen LogP contribution in [-0.2, 0) is 4.79 Å². The molecule has 1 saturated heterocycles. The Morgan fingerprint density at radius 3 is 2.65 bits per heavy atom. The molecule has 116 valence electrons. The molecule has 23 heavy (non-hydrogen) atoms. The van der Waals surface area contributed by atoms with Crippen LogP contribution in [0.3, 0.4) is 0 Å². The van der Waals surface area contributed by atoms with Crippen molar-refractivity contribution in [3.05, 3.63) is 57.6 Å². The number of rotatable bonds is 2. The Kier molecular flexibility index (Phi) is 4.53. The first-order valence-corrected chi connectivity index (χ1v) is 8.50. The van der Waals surface area contributed by atoms with Crippen LogP contribution >= 0.6 is 35.6 Å². The summed E-state index contributed by atoms with van der Waals surface area (Å²) in [6.07, 6.45) is 3.55. The van der Waals surface area contributed by atoms with Crippen molar-refractivity contribution in [1.82, 2.24) is 9.88 Å². The number of halogens is 1. The third-order valence-electron chi connectivity index (χ3n) is 3.54. The van der Waals surface area contributed by atoms with E-state index in [4.69, 9.17) is 23.8 Å². The van der Waals surface area contributed by atoms with Gasteiger partial charge in [-0.3, -0.25) is 14.7 Å². The lowest BCUT2D eigenvalue weighted by atomic mass is 10.1. The summed E-state index contributed by atoms with van der Waals surface area (Å²) >= 11 is 12.6. The molecule has 1 aliphatic heterocycles. The van der Waals surface area contributed by atoms with Crippen molar-refractivity contribution in [1.29, 1.82) is 0 Å². The fourth-order valence-electron chi connectivity index (χ4n) is 2.11. The van der Waals surface area contributed by atoms with Crippen LogP contribution in [0, 0.1) is 6.92 Å². The van der Waals surface area contributed by atoms with E-state index in [0.29, 0.717) is 9.23 Å². The van der Waals surface area contributed by atoms with E-state index in [1.165, 1.54) is 16.7 Å². The van der Waals surface area contributed by atoms with Crippen LogP contribution in [0.5, 0.6) is 0 Å². The smallest absolute Gasteiger partial charge is 0.265 e. The number of aryl methyl sites for hydroxylation is 1. The lowest BCUT2D eigenvalue weighted by molar-refractivity contribution is -0.121. The van der Waals surface area contributed by atoms with Crippen LogP contribution < -0.4 is 0 Å². The zero-order valence-electron chi connectivity index (χ0n) is 12.5. The number of carbonyl (C=O) groups excluding carboxylic acids is 1. The highest BCUT2D eigenvalue weighted by atomic mass is 35.5. The van der Waals surface area contributed by atoms with Gasteiger partial charge in [0.2, 0.25) is 0 Å². The summed E-state index contributed by atoms with van der Waals surface area (Å²) in [6.45, 7) is 1.96. The van der Waals surface area contributed by atoms with Gasteiger partial charge in [0.25, 0.3) is 5.91 Å². The van der Waals surface area contributed by atoms with Crippen LogP contribution in [0.15, 0.2) is 41.4 Å². The minimum Gasteiger partial charge on any atom is -0.296 e. The molecular formula is C17H13ClN2OS2. The number of amides is 1. The highest BCUT2D eigenvalue weighted by molar-refractivity contribution is 8.26. The Labute approximate surface area is 149 Å². The SMILES string of the molecule is Cc1ccc(-c2ccc(/C=C3\SC(=S)N(C)C3=O)cn2)cc1Cl. The van der Waals surface area contributed by atoms with Crippen molar-refractivity contribution >= 4 is 51.9 Å². The summed E-state index contributed by atoms with van der Waals surface area (Å²) in [5, 5.41) is 0.722. The number of aromatic nitrogens is 1. The summed E-state index contributed by atoms with van der Waals surface area (Å²) in [6, 6.07) is 9.71. The first-order valence-electron chi connectivity index (χ1n) is 6.90. The second-order valence-electron chi connectivity index (χ2n) is 5.18.